The summed E-state index contributed by atoms with van der Waals surface area (Å²) in [6, 6.07) is 18.0. The molecule has 1 aliphatic rings. The average molecular weight is 500 g/mol. The Bertz CT molecular complexity index is 1490. The highest BCUT2D eigenvalue weighted by Crippen LogP contribution is 2.24. The van der Waals surface area contributed by atoms with E-state index in [1.54, 1.807) is 7.11 Å². The standard InChI is InChI=1S/C29H33N5O3/c1-20-7-5-6-8-24(20)26-19-27-31(3)21(2)25(29(36)34(27)30-26)13-14-28(35)33-17-15-32(16-18-33)22-9-11-23(37-4)12-10-22/h5-12,19H,13-18H2,1-4H3. The summed E-state index contributed by atoms with van der Waals surface area (Å²) >= 11 is 0. The molecule has 0 radical (unpaired) electrons. The number of amides is 1. The molecule has 2 aromatic heterocycles. The van der Waals surface area contributed by atoms with Crippen LogP contribution in [0.25, 0.3) is 16.9 Å². The van der Waals surface area contributed by atoms with Crippen molar-refractivity contribution in [2.24, 2.45) is 7.05 Å². The number of aryl methyl sites for hydroxylation is 2. The Hall–Kier alpha value is -4.07. The van der Waals surface area contributed by atoms with E-state index < -0.39 is 0 Å². The van der Waals surface area contributed by atoms with Crippen LogP contribution >= 0.6 is 0 Å². The quantitative estimate of drug-likeness (QED) is 0.405. The Kier molecular flexibility index (Phi) is 6.74. The van der Waals surface area contributed by atoms with Crippen LogP contribution in [-0.4, -0.2) is 58.3 Å². The molecule has 4 aromatic rings. The Morgan fingerprint density at radius 1 is 1.00 bits per heavy atom. The highest BCUT2D eigenvalue weighted by Gasteiger charge is 2.23. The first-order chi connectivity index (χ1) is 17.9. The van der Waals surface area contributed by atoms with Gasteiger partial charge in [0, 0.05) is 68.2 Å². The number of aromatic nitrogens is 3. The monoisotopic (exact) mass is 499 g/mol. The molecule has 1 saturated heterocycles. The number of carbonyl (C=O) groups excluding carboxylic acids is 1. The van der Waals surface area contributed by atoms with Gasteiger partial charge in [-0.25, -0.2) is 0 Å². The lowest BCUT2D eigenvalue weighted by molar-refractivity contribution is -0.131. The van der Waals surface area contributed by atoms with Gasteiger partial charge in [-0.05, 0) is 50.1 Å². The van der Waals surface area contributed by atoms with Gasteiger partial charge in [0.1, 0.15) is 11.4 Å². The number of hydrogen-bond donors (Lipinski definition) is 0. The van der Waals surface area contributed by atoms with Crippen molar-refractivity contribution in [3.8, 4) is 17.0 Å². The fourth-order valence-corrected chi connectivity index (χ4v) is 5.09. The number of anilines is 1. The van der Waals surface area contributed by atoms with E-state index in [0.29, 0.717) is 31.5 Å². The summed E-state index contributed by atoms with van der Waals surface area (Å²) in [5.74, 6) is 0.913. The molecule has 0 bridgehead atoms. The topological polar surface area (TPSA) is 72.1 Å². The van der Waals surface area contributed by atoms with Crippen LogP contribution in [0.5, 0.6) is 5.75 Å². The largest absolute Gasteiger partial charge is 0.497 e. The minimum absolute atomic E-state index is 0.0806. The second-order valence-corrected chi connectivity index (χ2v) is 9.61. The maximum Gasteiger partial charge on any atom is 0.277 e. The number of carbonyl (C=O) groups is 1. The van der Waals surface area contributed by atoms with Gasteiger partial charge in [0.05, 0.1) is 12.8 Å². The fourth-order valence-electron chi connectivity index (χ4n) is 5.09. The molecule has 0 saturated carbocycles. The van der Waals surface area contributed by atoms with Crippen LogP contribution in [0.4, 0.5) is 5.69 Å². The predicted molar refractivity (Wildman–Crippen MR) is 145 cm³/mol. The van der Waals surface area contributed by atoms with E-state index in [2.05, 4.69) is 10.00 Å². The third-order valence-corrected chi connectivity index (χ3v) is 7.50. The molecule has 2 aromatic carbocycles. The van der Waals surface area contributed by atoms with E-state index >= 15 is 0 Å². The van der Waals surface area contributed by atoms with Crippen molar-refractivity contribution >= 4 is 17.2 Å². The zero-order valence-electron chi connectivity index (χ0n) is 21.9. The van der Waals surface area contributed by atoms with Crippen LogP contribution in [-0.2, 0) is 18.3 Å². The van der Waals surface area contributed by atoms with Crippen molar-refractivity contribution in [3.63, 3.8) is 0 Å². The van der Waals surface area contributed by atoms with E-state index in [0.717, 1.165) is 52.7 Å². The lowest BCUT2D eigenvalue weighted by atomic mass is 10.1. The maximum atomic E-state index is 13.4. The highest BCUT2D eigenvalue weighted by molar-refractivity contribution is 5.77. The average Bonchev–Trinajstić information content (AvgIpc) is 3.38. The third kappa shape index (κ3) is 4.71. The normalized spacial score (nSPS) is 13.8. The van der Waals surface area contributed by atoms with E-state index in [1.165, 1.54) is 4.52 Å². The Morgan fingerprint density at radius 2 is 1.70 bits per heavy atom. The summed E-state index contributed by atoms with van der Waals surface area (Å²) in [5, 5.41) is 4.65. The zero-order valence-corrected chi connectivity index (χ0v) is 21.9. The molecule has 1 fully saturated rings. The summed E-state index contributed by atoms with van der Waals surface area (Å²) in [6.45, 7) is 6.87. The third-order valence-electron chi connectivity index (χ3n) is 7.50. The summed E-state index contributed by atoms with van der Waals surface area (Å²) in [6.07, 6.45) is 0.696. The molecule has 1 amide bonds. The molecule has 8 heteroatoms. The van der Waals surface area contributed by atoms with Crippen LogP contribution in [0.15, 0.2) is 59.4 Å². The molecule has 0 spiro atoms. The van der Waals surface area contributed by atoms with Crippen molar-refractivity contribution in [2.75, 3.05) is 38.2 Å². The van der Waals surface area contributed by atoms with Gasteiger partial charge in [-0.2, -0.15) is 9.61 Å². The Labute approximate surface area is 216 Å². The van der Waals surface area contributed by atoms with E-state index in [9.17, 15) is 9.59 Å². The minimum Gasteiger partial charge on any atom is -0.497 e. The lowest BCUT2D eigenvalue weighted by Gasteiger charge is -2.36. The zero-order chi connectivity index (χ0) is 26.1. The SMILES string of the molecule is COc1ccc(N2CCN(C(=O)CCc3c(C)n(C)c4cc(-c5ccccc5C)nn4c3=O)CC2)cc1. The first-order valence-electron chi connectivity index (χ1n) is 12.7. The molecule has 0 unspecified atom stereocenters. The molecular formula is C29H33N5O3. The molecule has 8 nitrogen and oxygen atoms in total. The van der Waals surface area contributed by atoms with Crippen molar-refractivity contribution in [1.82, 2.24) is 19.1 Å². The molecule has 192 valence electrons. The van der Waals surface area contributed by atoms with Crippen molar-refractivity contribution in [1.29, 1.82) is 0 Å². The summed E-state index contributed by atoms with van der Waals surface area (Å²) in [4.78, 5) is 30.7. The lowest BCUT2D eigenvalue weighted by Crippen LogP contribution is -2.48. The smallest absolute Gasteiger partial charge is 0.277 e. The van der Waals surface area contributed by atoms with Crippen LogP contribution in [0.2, 0.25) is 0 Å². The number of benzene rings is 2. The van der Waals surface area contributed by atoms with Gasteiger partial charge in [-0.1, -0.05) is 24.3 Å². The number of fused-ring (bicyclic) bond motifs is 1. The number of methoxy groups -OCH3 is 1. The van der Waals surface area contributed by atoms with Gasteiger partial charge in [0.15, 0.2) is 0 Å². The second kappa shape index (κ2) is 10.1. The first kappa shape index (κ1) is 24.6. The van der Waals surface area contributed by atoms with Crippen LogP contribution in [0, 0.1) is 13.8 Å². The van der Waals surface area contributed by atoms with E-state index in [4.69, 9.17) is 4.74 Å². The number of ether oxygens (including phenoxy) is 1. The van der Waals surface area contributed by atoms with Gasteiger partial charge < -0.3 is 19.1 Å². The van der Waals surface area contributed by atoms with Gasteiger partial charge in [-0.15, -0.1) is 0 Å². The summed E-state index contributed by atoms with van der Waals surface area (Å²) in [7, 11) is 3.60. The van der Waals surface area contributed by atoms with E-state index in [1.807, 2.05) is 85.0 Å². The summed E-state index contributed by atoms with van der Waals surface area (Å²) < 4.78 is 8.71. The maximum absolute atomic E-state index is 13.4. The van der Waals surface area contributed by atoms with Crippen molar-refractivity contribution < 1.29 is 9.53 Å². The molecule has 0 N–H and O–H groups in total. The first-order valence-corrected chi connectivity index (χ1v) is 12.7. The van der Waals surface area contributed by atoms with Gasteiger partial charge in [-0.3, -0.25) is 9.59 Å². The van der Waals surface area contributed by atoms with Crippen LogP contribution in [0.1, 0.15) is 23.2 Å². The molecule has 0 aliphatic carbocycles. The van der Waals surface area contributed by atoms with E-state index in [-0.39, 0.29) is 11.5 Å². The number of nitrogens with zero attached hydrogens (tertiary/aromatic N) is 5. The summed E-state index contributed by atoms with van der Waals surface area (Å²) in [5.41, 5.74) is 6.11. The number of hydrogen-bond acceptors (Lipinski definition) is 5. The molecular weight excluding hydrogens is 466 g/mol. The van der Waals surface area contributed by atoms with Crippen LogP contribution < -0.4 is 15.2 Å². The van der Waals surface area contributed by atoms with Gasteiger partial charge in [0.2, 0.25) is 5.91 Å². The second-order valence-electron chi connectivity index (χ2n) is 9.61. The Balaban J connectivity index is 1.28. The number of piperazine rings is 1. The van der Waals surface area contributed by atoms with Crippen molar-refractivity contribution in [2.45, 2.75) is 26.7 Å². The van der Waals surface area contributed by atoms with Gasteiger partial charge in [0.25, 0.3) is 5.56 Å². The van der Waals surface area contributed by atoms with Crippen LogP contribution in [0.3, 0.4) is 0 Å². The molecule has 1 aliphatic heterocycles. The Morgan fingerprint density at radius 3 is 2.38 bits per heavy atom. The van der Waals surface area contributed by atoms with Crippen molar-refractivity contribution in [3.05, 3.63) is 81.8 Å². The predicted octanol–water partition coefficient (Wildman–Crippen LogP) is 3.61. The molecule has 5 rings (SSSR count). The minimum atomic E-state index is -0.150. The fraction of sp³-hybridized carbons (Fsp3) is 0.345. The molecule has 0 atom stereocenters. The highest BCUT2D eigenvalue weighted by atomic mass is 16.5. The molecule has 37 heavy (non-hydrogen) atoms. The molecule has 3 heterocycles. The number of rotatable bonds is 6. The van der Waals surface area contributed by atoms with Gasteiger partial charge >= 0.3 is 0 Å².